The van der Waals surface area contributed by atoms with Gasteiger partial charge in [0.15, 0.2) is 0 Å². The Morgan fingerprint density at radius 3 is 2.68 bits per heavy atom. The van der Waals surface area contributed by atoms with Crippen molar-refractivity contribution >= 4 is 27.8 Å². The molecule has 104 valence electrons. The lowest BCUT2D eigenvalue weighted by molar-refractivity contribution is -0.0422. The number of halogens is 1. The van der Waals surface area contributed by atoms with E-state index in [1.54, 1.807) is 6.20 Å². The molecular formula is C12H16BrN3O3. The molecule has 0 unspecified atom stereocenters. The number of carbonyl (C=O) groups excluding carboxylic acids is 1. The van der Waals surface area contributed by atoms with Crippen LogP contribution < -0.4 is 10.6 Å². The lowest BCUT2D eigenvalue weighted by Gasteiger charge is -2.40. The van der Waals surface area contributed by atoms with E-state index in [4.69, 9.17) is 10.5 Å². The number of aromatic nitrogens is 1. The van der Waals surface area contributed by atoms with Gasteiger partial charge in [-0.25, -0.2) is 9.78 Å². The van der Waals surface area contributed by atoms with E-state index < -0.39 is 11.7 Å². The van der Waals surface area contributed by atoms with Crippen LogP contribution >= 0.6 is 15.9 Å². The molecule has 3 N–H and O–H groups in total. The first-order chi connectivity index (χ1) is 9.04. The van der Waals surface area contributed by atoms with E-state index in [2.05, 4.69) is 25.8 Å². The summed E-state index contributed by atoms with van der Waals surface area (Å²) >= 11 is 3.34. The minimum Gasteiger partial charge on any atom is -0.440 e. The molecule has 1 aromatic rings. The average molecular weight is 330 g/mol. The van der Waals surface area contributed by atoms with Gasteiger partial charge in [0.05, 0.1) is 6.61 Å². The standard InChI is InChI=1S/C12H16BrN3O3/c13-9-1-2-10(15-7-9)16-5-3-12(8-17,4-6-16)19-11(14)18/h1-2,7,17H,3-6,8H2,(H2,14,18). The molecule has 1 aromatic heterocycles. The normalized spacial score (nSPS) is 18.1. The predicted molar refractivity (Wildman–Crippen MR) is 73.9 cm³/mol. The number of hydrogen-bond donors (Lipinski definition) is 2. The fraction of sp³-hybridized carbons (Fsp3) is 0.500. The molecule has 19 heavy (non-hydrogen) atoms. The molecule has 1 fully saturated rings. The topological polar surface area (TPSA) is 88.7 Å². The fourth-order valence-corrected chi connectivity index (χ4v) is 2.44. The van der Waals surface area contributed by atoms with Crippen LogP contribution in [0.2, 0.25) is 0 Å². The Balaban J connectivity index is 2.01. The second-order valence-corrected chi connectivity index (χ2v) is 5.50. The van der Waals surface area contributed by atoms with Crippen LogP contribution in [0.4, 0.5) is 10.6 Å². The summed E-state index contributed by atoms with van der Waals surface area (Å²) in [7, 11) is 0. The molecule has 0 radical (unpaired) electrons. The number of anilines is 1. The molecule has 0 bridgehead atoms. The predicted octanol–water partition coefficient (Wildman–Crippen LogP) is 1.27. The highest BCUT2D eigenvalue weighted by Gasteiger charge is 2.37. The number of ether oxygens (including phenoxy) is 1. The van der Waals surface area contributed by atoms with Crippen molar-refractivity contribution in [2.75, 3.05) is 24.6 Å². The number of aliphatic hydroxyl groups excluding tert-OH is 1. The number of rotatable bonds is 3. The zero-order valence-electron chi connectivity index (χ0n) is 10.4. The van der Waals surface area contributed by atoms with Gasteiger partial charge < -0.3 is 20.5 Å². The minimum atomic E-state index is -0.850. The van der Waals surface area contributed by atoms with Crippen molar-refractivity contribution in [1.82, 2.24) is 4.98 Å². The van der Waals surface area contributed by atoms with E-state index in [0.717, 1.165) is 10.3 Å². The van der Waals surface area contributed by atoms with Crippen molar-refractivity contribution in [3.05, 3.63) is 22.8 Å². The van der Waals surface area contributed by atoms with Crippen molar-refractivity contribution in [2.24, 2.45) is 5.73 Å². The molecule has 1 saturated heterocycles. The van der Waals surface area contributed by atoms with Gasteiger partial charge in [0.1, 0.15) is 11.4 Å². The van der Waals surface area contributed by atoms with Gasteiger partial charge in [-0.3, -0.25) is 0 Å². The van der Waals surface area contributed by atoms with Gasteiger partial charge in [-0.05, 0) is 28.1 Å². The first-order valence-corrected chi connectivity index (χ1v) is 6.80. The van der Waals surface area contributed by atoms with Gasteiger partial charge in [0, 0.05) is 36.6 Å². The largest absolute Gasteiger partial charge is 0.440 e. The molecule has 0 spiro atoms. The van der Waals surface area contributed by atoms with Crippen LogP contribution in [0.1, 0.15) is 12.8 Å². The van der Waals surface area contributed by atoms with Crippen LogP contribution in [-0.4, -0.2) is 41.5 Å². The molecule has 1 aliphatic heterocycles. The van der Waals surface area contributed by atoms with Crippen molar-refractivity contribution in [3.63, 3.8) is 0 Å². The maximum atomic E-state index is 10.9. The number of aliphatic hydroxyl groups is 1. The minimum absolute atomic E-state index is 0.211. The molecule has 0 aliphatic carbocycles. The molecule has 6 nitrogen and oxygen atoms in total. The van der Waals surface area contributed by atoms with Crippen molar-refractivity contribution in [1.29, 1.82) is 0 Å². The summed E-state index contributed by atoms with van der Waals surface area (Å²) < 4.78 is 5.99. The molecule has 7 heteroatoms. The summed E-state index contributed by atoms with van der Waals surface area (Å²) in [5.74, 6) is 0.869. The summed E-state index contributed by atoms with van der Waals surface area (Å²) in [6, 6.07) is 3.85. The second-order valence-electron chi connectivity index (χ2n) is 4.58. The number of carbonyl (C=O) groups is 1. The van der Waals surface area contributed by atoms with Crippen LogP contribution in [-0.2, 0) is 4.74 Å². The smallest absolute Gasteiger partial charge is 0.405 e. The highest BCUT2D eigenvalue weighted by Crippen LogP contribution is 2.28. The van der Waals surface area contributed by atoms with Crippen LogP contribution in [0.3, 0.4) is 0 Å². The summed E-state index contributed by atoms with van der Waals surface area (Å²) in [5, 5.41) is 9.41. The Hall–Kier alpha value is -1.34. The Morgan fingerprint density at radius 1 is 1.53 bits per heavy atom. The Labute approximate surface area is 119 Å². The molecule has 2 rings (SSSR count). The molecule has 0 saturated carbocycles. The number of primary amides is 1. The van der Waals surface area contributed by atoms with E-state index in [1.807, 2.05) is 12.1 Å². The maximum Gasteiger partial charge on any atom is 0.405 e. The van der Waals surface area contributed by atoms with Crippen molar-refractivity contribution < 1.29 is 14.6 Å². The Bertz CT molecular complexity index is 444. The number of piperidine rings is 1. The third-order valence-corrected chi connectivity index (χ3v) is 3.78. The Kier molecular flexibility index (Phi) is 4.26. The first-order valence-electron chi connectivity index (χ1n) is 6.00. The van der Waals surface area contributed by atoms with Crippen LogP contribution in [0, 0.1) is 0 Å². The molecule has 1 amide bonds. The fourth-order valence-electron chi connectivity index (χ4n) is 2.20. The summed E-state index contributed by atoms with van der Waals surface area (Å²) in [5.41, 5.74) is 4.19. The molecule has 0 atom stereocenters. The van der Waals surface area contributed by atoms with Crippen LogP contribution in [0.15, 0.2) is 22.8 Å². The van der Waals surface area contributed by atoms with Crippen molar-refractivity contribution in [2.45, 2.75) is 18.4 Å². The van der Waals surface area contributed by atoms with Gasteiger partial charge in [-0.1, -0.05) is 0 Å². The third kappa shape index (κ3) is 3.36. The van der Waals surface area contributed by atoms with Crippen molar-refractivity contribution in [3.8, 4) is 0 Å². The highest BCUT2D eigenvalue weighted by atomic mass is 79.9. The SMILES string of the molecule is NC(=O)OC1(CO)CCN(c2ccc(Br)cn2)CC1. The van der Waals surface area contributed by atoms with Crippen LogP contribution in [0.5, 0.6) is 0 Å². The summed E-state index contributed by atoms with van der Waals surface area (Å²) in [6.07, 6.45) is 1.96. The number of nitrogens with zero attached hydrogens (tertiary/aromatic N) is 2. The second kappa shape index (κ2) is 5.75. The number of pyridine rings is 1. The van der Waals surface area contributed by atoms with E-state index in [-0.39, 0.29) is 6.61 Å². The molecule has 0 aromatic carbocycles. The van der Waals surface area contributed by atoms with E-state index in [1.165, 1.54) is 0 Å². The number of nitrogens with two attached hydrogens (primary N) is 1. The maximum absolute atomic E-state index is 10.9. The Morgan fingerprint density at radius 2 is 2.21 bits per heavy atom. The van der Waals surface area contributed by atoms with Gasteiger partial charge in [0.25, 0.3) is 0 Å². The quantitative estimate of drug-likeness (QED) is 0.871. The molecule has 1 aliphatic rings. The molecular weight excluding hydrogens is 314 g/mol. The summed E-state index contributed by atoms with van der Waals surface area (Å²) in [4.78, 5) is 17.3. The highest BCUT2D eigenvalue weighted by molar-refractivity contribution is 9.10. The van der Waals surface area contributed by atoms with Crippen LogP contribution in [0.25, 0.3) is 0 Å². The van der Waals surface area contributed by atoms with E-state index in [0.29, 0.717) is 25.9 Å². The lowest BCUT2D eigenvalue weighted by Crippen LogP contribution is -2.50. The van der Waals surface area contributed by atoms with Gasteiger partial charge in [-0.2, -0.15) is 0 Å². The van der Waals surface area contributed by atoms with Gasteiger partial charge >= 0.3 is 6.09 Å². The molecule has 2 heterocycles. The lowest BCUT2D eigenvalue weighted by atomic mass is 9.92. The summed E-state index contributed by atoms with van der Waals surface area (Å²) in [6.45, 7) is 1.10. The van der Waals surface area contributed by atoms with E-state index >= 15 is 0 Å². The first kappa shape index (κ1) is 14.1. The van der Waals surface area contributed by atoms with Gasteiger partial charge in [-0.15, -0.1) is 0 Å². The average Bonchev–Trinajstić information content (AvgIpc) is 2.40. The monoisotopic (exact) mass is 329 g/mol. The van der Waals surface area contributed by atoms with E-state index in [9.17, 15) is 9.90 Å². The third-order valence-electron chi connectivity index (χ3n) is 3.32. The zero-order valence-corrected chi connectivity index (χ0v) is 12.0. The van der Waals surface area contributed by atoms with Gasteiger partial charge in [0.2, 0.25) is 0 Å². The number of amides is 1. The zero-order chi connectivity index (χ0) is 13.9. The number of hydrogen-bond acceptors (Lipinski definition) is 5.